The Labute approximate surface area is 194 Å². The first-order valence-corrected chi connectivity index (χ1v) is 11.9. The first kappa shape index (κ1) is 21.9. The second-order valence-electron chi connectivity index (χ2n) is 9.34. The smallest absolute Gasteiger partial charge is 0.256 e. The van der Waals surface area contributed by atoms with E-state index in [1.807, 2.05) is 19.9 Å². The van der Waals surface area contributed by atoms with E-state index in [4.69, 9.17) is 0 Å². The summed E-state index contributed by atoms with van der Waals surface area (Å²) in [4.78, 5) is 46.1. The van der Waals surface area contributed by atoms with Crippen LogP contribution in [0.1, 0.15) is 31.6 Å². The predicted molar refractivity (Wildman–Crippen MR) is 124 cm³/mol. The predicted octanol–water partition coefficient (Wildman–Crippen LogP) is 3.30. The molecular formula is C24H25FN4O3S. The van der Waals surface area contributed by atoms with Gasteiger partial charge in [-0.25, -0.2) is 4.39 Å². The molecule has 2 saturated heterocycles. The zero-order valence-corrected chi connectivity index (χ0v) is 19.3. The van der Waals surface area contributed by atoms with Gasteiger partial charge >= 0.3 is 0 Å². The van der Waals surface area contributed by atoms with E-state index in [1.165, 1.54) is 48.2 Å². The Hall–Kier alpha value is -2.91. The summed E-state index contributed by atoms with van der Waals surface area (Å²) in [6, 6.07) is 4.67. The molecule has 2 atom stereocenters. The van der Waals surface area contributed by atoms with Crippen molar-refractivity contribution >= 4 is 33.4 Å². The van der Waals surface area contributed by atoms with Crippen LogP contribution in [0.4, 0.5) is 4.39 Å². The van der Waals surface area contributed by atoms with Crippen LogP contribution < -0.4 is 10.9 Å². The lowest BCUT2D eigenvalue weighted by molar-refractivity contribution is -0.143. The minimum absolute atomic E-state index is 0.118. The molecule has 5 heterocycles. The van der Waals surface area contributed by atoms with E-state index in [9.17, 15) is 18.8 Å². The van der Waals surface area contributed by atoms with Gasteiger partial charge in [0.15, 0.2) is 0 Å². The number of pyridine rings is 2. The van der Waals surface area contributed by atoms with Gasteiger partial charge in [-0.2, -0.15) is 0 Å². The number of amides is 2. The van der Waals surface area contributed by atoms with Gasteiger partial charge in [-0.15, -0.1) is 11.3 Å². The second kappa shape index (κ2) is 8.14. The monoisotopic (exact) mass is 468 g/mol. The molecule has 1 saturated carbocycles. The second-order valence-corrected chi connectivity index (χ2v) is 10.5. The van der Waals surface area contributed by atoms with Gasteiger partial charge in [0.2, 0.25) is 11.8 Å². The van der Waals surface area contributed by atoms with Crippen molar-refractivity contribution in [1.29, 1.82) is 0 Å². The largest absolute Gasteiger partial charge is 0.326 e. The van der Waals surface area contributed by atoms with Crippen molar-refractivity contribution in [3.05, 3.63) is 51.6 Å². The molecule has 0 radical (unpaired) electrons. The molecule has 2 unspecified atom stereocenters. The highest BCUT2D eigenvalue weighted by molar-refractivity contribution is 7.19. The summed E-state index contributed by atoms with van der Waals surface area (Å²) in [6.07, 6.45) is 5.35. The molecule has 3 aromatic heterocycles. The van der Waals surface area contributed by atoms with Crippen LogP contribution >= 0.6 is 11.3 Å². The van der Waals surface area contributed by atoms with E-state index in [1.54, 1.807) is 12.3 Å². The summed E-state index contributed by atoms with van der Waals surface area (Å²) in [5.74, 6) is -1.20. The maximum absolute atomic E-state index is 13.6. The number of imide groups is 1. The van der Waals surface area contributed by atoms with Crippen LogP contribution in [0.2, 0.25) is 0 Å². The van der Waals surface area contributed by atoms with Crippen LogP contribution in [0.15, 0.2) is 35.4 Å². The Morgan fingerprint density at radius 2 is 1.82 bits per heavy atom. The van der Waals surface area contributed by atoms with Crippen LogP contribution in [0.25, 0.3) is 21.3 Å². The first-order chi connectivity index (χ1) is 15.8. The Morgan fingerprint density at radius 1 is 1.12 bits per heavy atom. The zero-order chi connectivity index (χ0) is 23.3. The number of carbonyl (C=O) groups is 2. The molecular weight excluding hydrogens is 443 g/mol. The fourth-order valence-corrected chi connectivity index (χ4v) is 6.01. The summed E-state index contributed by atoms with van der Waals surface area (Å²) in [5, 5.41) is 3.22. The van der Waals surface area contributed by atoms with E-state index in [-0.39, 0.29) is 41.2 Å². The highest BCUT2D eigenvalue weighted by Crippen LogP contribution is 2.63. The molecule has 3 aromatic rings. The average molecular weight is 469 g/mol. The van der Waals surface area contributed by atoms with E-state index in [0.29, 0.717) is 11.1 Å². The molecule has 2 N–H and O–H groups in total. The molecule has 9 heteroatoms. The lowest BCUT2D eigenvalue weighted by atomic mass is 10.1. The maximum atomic E-state index is 13.6. The van der Waals surface area contributed by atoms with E-state index in [0.717, 1.165) is 15.8 Å². The van der Waals surface area contributed by atoms with Crippen LogP contribution in [-0.4, -0.2) is 39.8 Å². The number of H-pyrrole nitrogens is 1. The lowest BCUT2D eigenvalue weighted by Crippen LogP contribution is -2.35. The molecule has 0 bridgehead atoms. The molecule has 3 aliphatic rings. The fourth-order valence-electron chi connectivity index (χ4n) is 4.88. The molecule has 172 valence electrons. The molecule has 0 spiro atoms. The van der Waals surface area contributed by atoms with Crippen LogP contribution in [0.5, 0.6) is 0 Å². The molecule has 0 aromatic carbocycles. The van der Waals surface area contributed by atoms with Crippen molar-refractivity contribution < 1.29 is 14.0 Å². The fraction of sp³-hybridized carbons (Fsp3) is 0.417. The topological polar surface area (TPSA) is 95.2 Å². The number of aromatic amines is 1. The number of thiophene rings is 1. The molecule has 7 nitrogen and oxygen atoms in total. The number of halogens is 1. The third-order valence-corrected chi connectivity index (χ3v) is 7.93. The summed E-state index contributed by atoms with van der Waals surface area (Å²) < 4.78 is 14.4. The minimum atomic E-state index is -0.536. The SMILES string of the molecule is C1CCNC1.CC1(C)C2C(=O)N(Cc3cc4nccc(-c5cc(F)c[nH]c5=O)c4s3)C(=O)C21. The van der Waals surface area contributed by atoms with Crippen LogP contribution in [-0.2, 0) is 16.1 Å². The quantitative estimate of drug-likeness (QED) is 0.575. The van der Waals surface area contributed by atoms with Crippen molar-refractivity contribution in [2.45, 2.75) is 33.2 Å². The van der Waals surface area contributed by atoms with Gasteiger partial charge in [0, 0.05) is 22.8 Å². The van der Waals surface area contributed by atoms with Gasteiger partial charge in [0.05, 0.1) is 34.2 Å². The van der Waals surface area contributed by atoms with Gasteiger partial charge in [-0.05, 0) is 49.5 Å². The highest BCUT2D eigenvalue weighted by atomic mass is 32.1. The molecule has 2 amide bonds. The number of rotatable bonds is 3. The normalized spacial score (nSPS) is 22.9. The van der Waals surface area contributed by atoms with E-state index in [2.05, 4.69) is 15.3 Å². The number of hydrogen-bond acceptors (Lipinski definition) is 6. The van der Waals surface area contributed by atoms with Gasteiger partial charge in [-0.1, -0.05) is 13.8 Å². The zero-order valence-electron chi connectivity index (χ0n) is 18.5. The number of carbonyl (C=O) groups excluding carboxylic acids is 2. The van der Waals surface area contributed by atoms with E-state index >= 15 is 0 Å². The number of aromatic nitrogens is 2. The Kier molecular flexibility index (Phi) is 5.41. The van der Waals surface area contributed by atoms with Crippen molar-refractivity contribution in [2.75, 3.05) is 13.1 Å². The number of nitrogens with one attached hydrogen (secondary N) is 2. The maximum Gasteiger partial charge on any atom is 0.256 e. The van der Waals surface area contributed by atoms with Gasteiger partial charge < -0.3 is 10.3 Å². The van der Waals surface area contributed by atoms with Crippen molar-refractivity contribution in [1.82, 2.24) is 20.2 Å². The van der Waals surface area contributed by atoms with Crippen molar-refractivity contribution in [3.8, 4) is 11.1 Å². The van der Waals surface area contributed by atoms with Gasteiger partial charge in [0.25, 0.3) is 5.56 Å². The molecule has 2 aliphatic heterocycles. The summed E-state index contributed by atoms with van der Waals surface area (Å²) in [5.41, 5.74) is 0.807. The number of nitrogens with zero attached hydrogens (tertiary/aromatic N) is 2. The molecule has 1 aliphatic carbocycles. The van der Waals surface area contributed by atoms with Crippen LogP contribution in [0, 0.1) is 23.1 Å². The molecule has 6 rings (SSSR count). The molecule has 3 fully saturated rings. The third-order valence-electron chi connectivity index (χ3n) is 6.78. The lowest BCUT2D eigenvalue weighted by Gasteiger charge is -2.19. The number of piperidine rings is 1. The Bertz CT molecular complexity index is 1280. The van der Waals surface area contributed by atoms with Crippen LogP contribution in [0.3, 0.4) is 0 Å². The third kappa shape index (κ3) is 3.79. The molecule has 33 heavy (non-hydrogen) atoms. The minimum Gasteiger partial charge on any atom is -0.326 e. The summed E-state index contributed by atoms with van der Waals surface area (Å²) >= 11 is 1.36. The highest BCUT2D eigenvalue weighted by Gasteiger charge is 2.72. The number of hydrogen-bond donors (Lipinski definition) is 2. The summed E-state index contributed by atoms with van der Waals surface area (Å²) in [7, 11) is 0. The van der Waals surface area contributed by atoms with Gasteiger partial charge in [-0.3, -0.25) is 24.3 Å². The first-order valence-electron chi connectivity index (χ1n) is 11.1. The number of fused-ring (bicyclic) bond motifs is 2. The van der Waals surface area contributed by atoms with E-state index < -0.39 is 11.4 Å². The Morgan fingerprint density at radius 3 is 2.45 bits per heavy atom. The number of likely N-dealkylation sites (tertiary alicyclic amines) is 1. The van der Waals surface area contributed by atoms with Gasteiger partial charge in [0.1, 0.15) is 5.82 Å². The average Bonchev–Trinajstić information content (AvgIpc) is 3.30. The van der Waals surface area contributed by atoms with Crippen molar-refractivity contribution in [2.24, 2.45) is 17.3 Å². The summed E-state index contributed by atoms with van der Waals surface area (Å²) in [6.45, 7) is 6.59. The standard InChI is InChI=1S/C20H16FN3O3S.C4H9N/c1-20(2)14-15(20)19(27)24(18(14)26)8-10-6-13-16(28-10)11(3-4-22-13)12-5-9(21)7-23-17(12)25;1-2-4-5-3-1/h3-7,14-15H,8H2,1-2H3,(H,23,25);5H,1-4H2. The van der Waals surface area contributed by atoms with Crippen molar-refractivity contribution in [3.63, 3.8) is 0 Å². The Balaban J connectivity index is 0.000000406.